The van der Waals surface area contributed by atoms with Gasteiger partial charge in [0.1, 0.15) is 5.75 Å². The van der Waals surface area contributed by atoms with Gasteiger partial charge in [0.2, 0.25) is 0 Å². The van der Waals surface area contributed by atoms with E-state index in [0.717, 1.165) is 25.5 Å². The van der Waals surface area contributed by atoms with Gasteiger partial charge in [0.25, 0.3) is 5.91 Å². The van der Waals surface area contributed by atoms with Crippen molar-refractivity contribution < 1.29 is 22.7 Å². The van der Waals surface area contributed by atoms with E-state index >= 15 is 0 Å². The number of fused-ring (bicyclic) bond motifs is 2. The maximum absolute atomic E-state index is 13.1. The molecule has 0 aliphatic carbocycles. The highest BCUT2D eigenvalue weighted by atomic mass is 19.4. The molecule has 0 N–H and O–H groups in total. The monoisotopic (exact) mass is 404 g/mol. The van der Waals surface area contributed by atoms with Gasteiger partial charge in [-0.25, -0.2) is 0 Å². The minimum absolute atomic E-state index is 0.0336. The highest BCUT2D eigenvalue weighted by molar-refractivity contribution is 5.78. The molecule has 0 unspecified atom stereocenters. The lowest BCUT2D eigenvalue weighted by atomic mass is 9.74. The number of likely N-dealkylation sites (N-methyl/N-ethyl adjacent to an activating group) is 1. The van der Waals surface area contributed by atoms with E-state index in [1.54, 1.807) is 4.90 Å². The van der Waals surface area contributed by atoms with Crippen molar-refractivity contribution in [1.82, 2.24) is 4.90 Å². The second-order valence-corrected chi connectivity index (χ2v) is 7.82. The Labute approximate surface area is 167 Å². The van der Waals surface area contributed by atoms with Crippen LogP contribution in [0.3, 0.4) is 0 Å². The Bertz CT molecular complexity index is 905. The van der Waals surface area contributed by atoms with Crippen LogP contribution in [0.25, 0.3) is 0 Å². The van der Waals surface area contributed by atoms with Crippen molar-refractivity contribution in [2.24, 2.45) is 0 Å². The number of piperidine rings is 1. The minimum Gasteiger partial charge on any atom is -0.483 e. The van der Waals surface area contributed by atoms with Crippen LogP contribution in [0.4, 0.5) is 18.9 Å². The number of carbonyl (C=O) groups excluding carboxylic acids is 1. The van der Waals surface area contributed by atoms with Gasteiger partial charge in [-0.05, 0) is 36.6 Å². The van der Waals surface area contributed by atoms with E-state index in [2.05, 4.69) is 24.1 Å². The average Bonchev–Trinajstić information content (AvgIpc) is 2.98. The molecule has 2 aromatic carbocycles. The van der Waals surface area contributed by atoms with E-state index in [1.165, 1.54) is 29.4 Å². The van der Waals surface area contributed by atoms with Crippen LogP contribution in [0.2, 0.25) is 0 Å². The van der Waals surface area contributed by atoms with Crippen molar-refractivity contribution in [2.75, 3.05) is 38.2 Å². The first-order chi connectivity index (χ1) is 13.8. The van der Waals surface area contributed by atoms with E-state index in [-0.39, 0.29) is 17.1 Å². The molecule has 1 fully saturated rings. The summed E-state index contributed by atoms with van der Waals surface area (Å²) in [5.74, 6) is -0.593. The predicted molar refractivity (Wildman–Crippen MR) is 104 cm³/mol. The molecule has 0 saturated carbocycles. The van der Waals surface area contributed by atoms with Gasteiger partial charge in [-0.3, -0.25) is 4.79 Å². The first-order valence-corrected chi connectivity index (χ1v) is 9.68. The molecule has 2 heterocycles. The number of halogens is 3. The first-order valence-electron chi connectivity index (χ1n) is 9.68. The second kappa shape index (κ2) is 7.28. The van der Waals surface area contributed by atoms with Crippen LogP contribution < -0.4 is 9.64 Å². The van der Waals surface area contributed by atoms with Gasteiger partial charge in [-0.1, -0.05) is 30.3 Å². The fourth-order valence-electron chi connectivity index (χ4n) is 4.55. The maximum Gasteiger partial charge on any atom is 0.419 e. The molecule has 4 nitrogen and oxygen atoms in total. The quantitative estimate of drug-likeness (QED) is 0.773. The first kappa shape index (κ1) is 19.6. The number of benzene rings is 2. The van der Waals surface area contributed by atoms with Crippen LogP contribution in [-0.2, 0) is 16.4 Å². The van der Waals surface area contributed by atoms with Crippen molar-refractivity contribution in [2.45, 2.75) is 24.4 Å². The van der Waals surface area contributed by atoms with Crippen molar-refractivity contribution in [3.05, 3.63) is 59.7 Å². The molecular formula is C22H23F3N2O2. The van der Waals surface area contributed by atoms with Crippen molar-refractivity contribution in [3.63, 3.8) is 0 Å². The van der Waals surface area contributed by atoms with E-state index in [4.69, 9.17) is 4.74 Å². The fourth-order valence-corrected chi connectivity index (χ4v) is 4.55. The third-order valence-electron chi connectivity index (χ3n) is 6.04. The second-order valence-electron chi connectivity index (χ2n) is 7.82. The highest BCUT2D eigenvalue weighted by Gasteiger charge is 2.44. The summed E-state index contributed by atoms with van der Waals surface area (Å²) in [7, 11) is 2.08. The molecule has 2 aromatic rings. The van der Waals surface area contributed by atoms with E-state index in [9.17, 15) is 18.0 Å². The standard InChI is InChI=1S/C22H23F3N2O2/c1-26-15-21(16-6-2-4-8-18(16)26)10-12-27(13-11-21)20(28)14-29-19-9-5-3-7-17(19)22(23,24)25/h2-9H,10-15H2,1H3. The molecule has 4 rings (SSSR count). The molecule has 0 bridgehead atoms. The predicted octanol–water partition coefficient (Wildman–Crippen LogP) is 4.09. The van der Waals surface area contributed by atoms with Crippen LogP contribution in [0, 0.1) is 0 Å². The summed E-state index contributed by atoms with van der Waals surface area (Å²) >= 11 is 0. The zero-order chi connectivity index (χ0) is 20.6. The Morgan fingerprint density at radius 1 is 1.07 bits per heavy atom. The highest BCUT2D eigenvalue weighted by Crippen LogP contribution is 2.46. The van der Waals surface area contributed by atoms with Crippen LogP contribution in [0.1, 0.15) is 24.0 Å². The fraction of sp³-hybridized carbons (Fsp3) is 0.409. The lowest BCUT2D eigenvalue weighted by Gasteiger charge is -2.39. The number of nitrogens with zero attached hydrogens (tertiary/aromatic N) is 2. The largest absolute Gasteiger partial charge is 0.483 e. The molecule has 2 aliphatic heterocycles. The van der Waals surface area contributed by atoms with Crippen LogP contribution in [0.15, 0.2) is 48.5 Å². The van der Waals surface area contributed by atoms with Crippen molar-refractivity contribution in [1.29, 1.82) is 0 Å². The summed E-state index contributed by atoms with van der Waals surface area (Å²) < 4.78 is 44.5. The summed E-state index contributed by atoms with van der Waals surface area (Å²) in [5.41, 5.74) is 1.73. The van der Waals surface area contributed by atoms with Gasteiger partial charge >= 0.3 is 6.18 Å². The minimum atomic E-state index is -4.51. The van der Waals surface area contributed by atoms with E-state index in [1.807, 2.05) is 12.1 Å². The van der Waals surface area contributed by atoms with Gasteiger partial charge in [-0.2, -0.15) is 13.2 Å². The molecular weight excluding hydrogens is 381 g/mol. The number of hydrogen-bond donors (Lipinski definition) is 0. The van der Waals surface area contributed by atoms with Crippen LogP contribution in [0.5, 0.6) is 5.75 Å². The number of rotatable bonds is 3. The summed E-state index contributed by atoms with van der Waals surface area (Å²) in [6.07, 6.45) is -2.85. The van der Waals surface area contributed by atoms with Gasteiger partial charge < -0.3 is 14.5 Å². The third-order valence-corrected chi connectivity index (χ3v) is 6.04. The molecule has 0 radical (unpaired) electrons. The number of alkyl halides is 3. The van der Waals surface area contributed by atoms with Gasteiger partial charge in [0.05, 0.1) is 5.56 Å². The van der Waals surface area contributed by atoms with Crippen LogP contribution >= 0.6 is 0 Å². The number of ether oxygens (including phenoxy) is 1. The Morgan fingerprint density at radius 2 is 1.72 bits per heavy atom. The number of anilines is 1. The number of carbonyl (C=O) groups is 1. The molecule has 29 heavy (non-hydrogen) atoms. The maximum atomic E-state index is 13.1. The molecule has 0 atom stereocenters. The molecule has 7 heteroatoms. The number of likely N-dealkylation sites (tertiary alicyclic amines) is 1. The van der Waals surface area contributed by atoms with E-state index < -0.39 is 18.3 Å². The van der Waals surface area contributed by atoms with Gasteiger partial charge in [0.15, 0.2) is 6.61 Å². The molecule has 1 amide bonds. The normalized spacial score (nSPS) is 18.1. The smallest absolute Gasteiger partial charge is 0.419 e. The van der Waals surface area contributed by atoms with E-state index in [0.29, 0.717) is 13.1 Å². The van der Waals surface area contributed by atoms with Crippen molar-refractivity contribution >= 4 is 11.6 Å². The molecule has 1 spiro atoms. The Kier molecular flexibility index (Phi) is 4.92. The number of para-hydroxylation sites is 2. The Balaban J connectivity index is 1.39. The molecule has 2 aliphatic rings. The third kappa shape index (κ3) is 3.66. The van der Waals surface area contributed by atoms with Crippen LogP contribution in [-0.4, -0.2) is 44.1 Å². The SMILES string of the molecule is CN1CC2(CCN(C(=O)COc3ccccc3C(F)(F)F)CC2)c2ccccc21. The topological polar surface area (TPSA) is 32.8 Å². The number of hydrogen-bond acceptors (Lipinski definition) is 3. The Morgan fingerprint density at radius 3 is 2.45 bits per heavy atom. The lowest BCUT2D eigenvalue weighted by Crippen LogP contribution is -2.48. The summed E-state index contributed by atoms with van der Waals surface area (Å²) in [6.45, 7) is 1.68. The Hall–Kier alpha value is -2.70. The average molecular weight is 404 g/mol. The van der Waals surface area contributed by atoms with Gasteiger partial charge in [0, 0.05) is 37.8 Å². The summed E-state index contributed by atoms with van der Waals surface area (Å²) in [5, 5.41) is 0. The zero-order valence-corrected chi connectivity index (χ0v) is 16.2. The zero-order valence-electron chi connectivity index (χ0n) is 16.2. The molecule has 0 aromatic heterocycles. The summed E-state index contributed by atoms with van der Waals surface area (Å²) in [6, 6.07) is 13.3. The molecule has 1 saturated heterocycles. The van der Waals surface area contributed by atoms with Gasteiger partial charge in [-0.15, -0.1) is 0 Å². The number of amides is 1. The molecule has 154 valence electrons. The lowest BCUT2D eigenvalue weighted by molar-refractivity contribution is -0.141. The van der Waals surface area contributed by atoms with Crippen molar-refractivity contribution in [3.8, 4) is 5.75 Å². The summed E-state index contributed by atoms with van der Waals surface area (Å²) in [4.78, 5) is 16.5.